The van der Waals surface area contributed by atoms with E-state index in [0.717, 1.165) is 21.3 Å². The molecule has 0 fully saturated rings. The molecule has 0 spiro atoms. The highest BCUT2D eigenvalue weighted by atomic mass is 79.9. The van der Waals surface area contributed by atoms with Gasteiger partial charge >= 0.3 is 0 Å². The molecule has 0 heterocycles. The van der Waals surface area contributed by atoms with Gasteiger partial charge in [0.25, 0.3) is 0 Å². The Balaban J connectivity index is 2.93. The number of halogens is 1. The third-order valence-corrected chi connectivity index (χ3v) is 3.37. The predicted molar refractivity (Wildman–Crippen MR) is 65.9 cm³/mol. The number of aryl methyl sites for hydroxylation is 2. The lowest BCUT2D eigenvalue weighted by atomic mass is 10.1. The van der Waals surface area contributed by atoms with Crippen molar-refractivity contribution in [2.24, 2.45) is 5.73 Å². The maximum Gasteiger partial charge on any atom is 0.240 e. The Hall–Kier alpha value is -0.870. The second kappa shape index (κ2) is 4.77. The van der Waals surface area contributed by atoms with Crippen molar-refractivity contribution in [3.05, 3.63) is 27.7 Å². The number of anilines is 1. The Morgan fingerprint density at radius 1 is 1.40 bits per heavy atom. The lowest BCUT2D eigenvalue weighted by Crippen LogP contribution is -2.32. The van der Waals surface area contributed by atoms with Crippen LogP contribution in [0.4, 0.5) is 5.69 Å². The van der Waals surface area contributed by atoms with Gasteiger partial charge in [0.05, 0.1) is 6.04 Å². The van der Waals surface area contributed by atoms with Crippen molar-refractivity contribution < 1.29 is 4.79 Å². The molecular formula is C11H15BrN2O. The van der Waals surface area contributed by atoms with E-state index in [4.69, 9.17) is 5.73 Å². The van der Waals surface area contributed by atoms with Crippen LogP contribution in [0.2, 0.25) is 0 Å². The van der Waals surface area contributed by atoms with Crippen LogP contribution in [0, 0.1) is 13.8 Å². The van der Waals surface area contributed by atoms with Gasteiger partial charge in [0.1, 0.15) is 0 Å². The highest BCUT2D eigenvalue weighted by Gasteiger charge is 2.09. The molecule has 15 heavy (non-hydrogen) atoms. The van der Waals surface area contributed by atoms with Crippen molar-refractivity contribution in [1.82, 2.24) is 0 Å². The summed E-state index contributed by atoms with van der Waals surface area (Å²) in [6.45, 7) is 5.63. The van der Waals surface area contributed by atoms with E-state index >= 15 is 0 Å². The lowest BCUT2D eigenvalue weighted by Gasteiger charge is -2.11. The summed E-state index contributed by atoms with van der Waals surface area (Å²) in [5, 5.41) is 2.77. The molecule has 1 aromatic carbocycles. The average molecular weight is 271 g/mol. The Morgan fingerprint density at radius 3 is 2.27 bits per heavy atom. The second-order valence-corrected chi connectivity index (χ2v) is 4.49. The quantitative estimate of drug-likeness (QED) is 0.867. The van der Waals surface area contributed by atoms with Gasteiger partial charge in [0, 0.05) is 10.2 Å². The first-order chi connectivity index (χ1) is 6.91. The number of benzene rings is 1. The van der Waals surface area contributed by atoms with Crippen LogP contribution in [0.3, 0.4) is 0 Å². The number of carbonyl (C=O) groups excluding carboxylic acids is 1. The number of carbonyl (C=O) groups is 1. The van der Waals surface area contributed by atoms with Crippen molar-refractivity contribution in [3.63, 3.8) is 0 Å². The van der Waals surface area contributed by atoms with Crippen molar-refractivity contribution in [1.29, 1.82) is 0 Å². The van der Waals surface area contributed by atoms with Crippen molar-refractivity contribution in [3.8, 4) is 0 Å². The smallest absolute Gasteiger partial charge is 0.240 e. The fourth-order valence-corrected chi connectivity index (χ4v) is 1.50. The van der Waals surface area contributed by atoms with E-state index in [9.17, 15) is 4.79 Å². The predicted octanol–water partition coefficient (Wildman–Crippen LogP) is 2.35. The van der Waals surface area contributed by atoms with Crippen LogP contribution < -0.4 is 11.1 Å². The third-order valence-electron chi connectivity index (χ3n) is 2.12. The summed E-state index contributed by atoms with van der Waals surface area (Å²) in [5.74, 6) is -0.170. The molecular weight excluding hydrogens is 256 g/mol. The Bertz CT molecular complexity index is 365. The van der Waals surface area contributed by atoms with Gasteiger partial charge in [-0.25, -0.2) is 0 Å². The minimum Gasteiger partial charge on any atom is -0.325 e. The molecule has 0 aliphatic heterocycles. The van der Waals surface area contributed by atoms with Gasteiger partial charge in [-0.3, -0.25) is 4.79 Å². The van der Waals surface area contributed by atoms with Gasteiger partial charge in [0.15, 0.2) is 0 Å². The Kier molecular flexibility index (Phi) is 3.88. The molecule has 0 aliphatic carbocycles. The minimum atomic E-state index is -0.491. The summed E-state index contributed by atoms with van der Waals surface area (Å²) in [6.07, 6.45) is 0. The standard InChI is InChI=1S/C11H15BrN2O/c1-6-4-9(5-7(2)10(6)12)14-11(15)8(3)13/h4-5,8H,13H2,1-3H3,(H,14,15)/t8-/m0/s1. The number of hydrogen-bond donors (Lipinski definition) is 2. The summed E-state index contributed by atoms with van der Waals surface area (Å²) in [7, 11) is 0. The Morgan fingerprint density at radius 2 is 1.87 bits per heavy atom. The van der Waals surface area contributed by atoms with Gasteiger partial charge in [-0.05, 0) is 44.0 Å². The van der Waals surface area contributed by atoms with Gasteiger partial charge in [-0.2, -0.15) is 0 Å². The number of nitrogens with two attached hydrogens (primary N) is 1. The molecule has 1 rings (SSSR count). The second-order valence-electron chi connectivity index (χ2n) is 3.70. The van der Waals surface area contributed by atoms with E-state index in [1.807, 2.05) is 26.0 Å². The van der Waals surface area contributed by atoms with Crippen LogP contribution >= 0.6 is 15.9 Å². The lowest BCUT2D eigenvalue weighted by molar-refractivity contribution is -0.117. The van der Waals surface area contributed by atoms with Crippen LogP contribution in [0.5, 0.6) is 0 Å². The number of hydrogen-bond acceptors (Lipinski definition) is 2. The zero-order valence-corrected chi connectivity index (χ0v) is 10.7. The molecule has 1 aromatic rings. The van der Waals surface area contributed by atoms with Gasteiger partial charge in [0.2, 0.25) is 5.91 Å². The summed E-state index contributed by atoms with van der Waals surface area (Å²) in [4.78, 5) is 11.4. The third kappa shape index (κ3) is 3.04. The molecule has 0 aromatic heterocycles. The van der Waals surface area contributed by atoms with E-state index < -0.39 is 6.04 Å². The van der Waals surface area contributed by atoms with Crippen LogP contribution in [-0.2, 0) is 4.79 Å². The summed E-state index contributed by atoms with van der Waals surface area (Å²) < 4.78 is 1.07. The number of amides is 1. The monoisotopic (exact) mass is 270 g/mol. The molecule has 0 bridgehead atoms. The average Bonchev–Trinajstić information content (AvgIpc) is 2.13. The van der Waals surface area contributed by atoms with Gasteiger partial charge < -0.3 is 11.1 Å². The molecule has 0 saturated carbocycles. The number of rotatable bonds is 2. The maximum absolute atomic E-state index is 11.4. The van der Waals surface area contributed by atoms with Crippen molar-refractivity contribution in [2.45, 2.75) is 26.8 Å². The SMILES string of the molecule is Cc1cc(NC(=O)[C@H](C)N)cc(C)c1Br. The molecule has 1 amide bonds. The molecule has 0 unspecified atom stereocenters. The molecule has 1 atom stereocenters. The van der Waals surface area contributed by atoms with Crippen molar-refractivity contribution >= 4 is 27.5 Å². The first-order valence-corrected chi connectivity index (χ1v) is 5.54. The highest BCUT2D eigenvalue weighted by molar-refractivity contribution is 9.10. The van der Waals surface area contributed by atoms with E-state index in [-0.39, 0.29) is 5.91 Å². The van der Waals surface area contributed by atoms with Crippen LogP contribution in [0.1, 0.15) is 18.1 Å². The molecule has 3 nitrogen and oxygen atoms in total. The molecule has 82 valence electrons. The van der Waals surface area contributed by atoms with Crippen LogP contribution in [0.15, 0.2) is 16.6 Å². The first-order valence-electron chi connectivity index (χ1n) is 4.75. The summed E-state index contributed by atoms with van der Waals surface area (Å²) in [6, 6.07) is 3.34. The fourth-order valence-electron chi connectivity index (χ4n) is 1.27. The van der Waals surface area contributed by atoms with Crippen LogP contribution in [-0.4, -0.2) is 11.9 Å². The van der Waals surface area contributed by atoms with Crippen LogP contribution in [0.25, 0.3) is 0 Å². The maximum atomic E-state index is 11.4. The molecule has 4 heteroatoms. The minimum absolute atomic E-state index is 0.170. The summed E-state index contributed by atoms with van der Waals surface area (Å²) >= 11 is 3.47. The zero-order valence-electron chi connectivity index (χ0n) is 9.10. The number of nitrogens with one attached hydrogen (secondary N) is 1. The van der Waals surface area contributed by atoms with Crippen molar-refractivity contribution in [2.75, 3.05) is 5.32 Å². The first kappa shape index (κ1) is 12.2. The van der Waals surface area contributed by atoms with E-state index in [0.29, 0.717) is 0 Å². The molecule has 0 saturated heterocycles. The highest BCUT2D eigenvalue weighted by Crippen LogP contribution is 2.24. The van der Waals surface area contributed by atoms with Gasteiger partial charge in [-0.1, -0.05) is 15.9 Å². The van der Waals surface area contributed by atoms with Gasteiger partial charge in [-0.15, -0.1) is 0 Å². The molecule has 0 radical (unpaired) electrons. The molecule has 0 aliphatic rings. The van der Waals surface area contributed by atoms with E-state index in [2.05, 4.69) is 21.2 Å². The summed E-state index contributed by atoms with van der Waals surface area (Å²) in [5.41, 5.74) is 8.44. The topological polar surface area (TPSA) is 55.1 Å². The van der Waals surface area contributed by atoms with E-state index in [1.165, 1.54) is 0 Å². The zero-order chi connectivity index (χ0) is 11.6. The Labute approximate surface area is 98.2 Å². The normalized spacial score (nSPS) is 12.3. The van der Waals surface area contributed by atoms with E-state index in [1.54, 1.807) is 6.92 Å². The largest absolute Gasteiger partial charge is 0.325 e. The fraction of sp³-hybridized carbons (Fsp3) is 0.364. The molecule has 3 N–H and O–H groups in total.